The fourth-order valence-corrected chi connectivity index (χ4v) is 4.86. The summed E-state index contributed by atoms with van der Waals surface area (Å²) in [4.78, 5) is 33.1. The van der Waals surface area contributed by atoms with Gasteiger partial charge < -0.3 is 18.9 Å². The van der Waals surface area contributed by atoms with Crippen molar-refractivity contribution in [3.63, 3.8) is 0 Å². The van der Waals surface area contributed by atoms with Crippen LogP contribution in [0.2, 0.25) is 0 Å². The van der Waals surface area contributed by atoms with Crippen LogP contribution in [-0.2, 0) is 24.1 Å². The van der Waals surface area contributed by atoms with Gasteiger partial charge in [0, 0.05) is 38.2 Å². The van der Waals surface area contributed by atoms with Gasteiger partial charge in [0.15, 0.2) is 0 Å². The molecule has 1 aliphatic carbocycles. The molecule has 2 atom stereocenters. The quantitative estimate of drug-likeness (QED) is 0.614. The molecule has 3 aromatic rings. The second-order valence-electron chi connectivity index (χ2n) is 9.06. The minimum absolute atomic E-state index is 0.0127. The van der Waals surface area contributed by atoms with Crippen molar-refractivity contribution >= 4 is 16.8 Å². The van der Waals surface area contributed by atoms with Crippen molar-refractivity contribution in [2.24, 2.45) is 0 Å². The lowest BCUT2D eigenvalue weighted by atomic mass is 10.1. The molecule has 2 aromatic heterocycles. The molecule has 7 heteroatoms. The maximum absolute atomic E-state index is 13.5. The first-order valence-corrected chi connectivity index (χ1v) is 11.6. The minimum Gasteiger partial charge on any atom is -0.474 e. The van der Waals surface area contributed by atoms with Gasteiger partial charge in [0.1, 0.15) is 11.7 Å². The van der Waals surface area contributed by atoms with E-state index in [2.05, 4.69) is 17.1 Å². The predicted molar refractivity (Wildman–Crippen MR) is 126 cm³/mol. The molecule has 0 unspecified atom stereocenters. The summed E-state index contributed by atoms with van der Waals surface area (Å²) in [7, 11) is 0. The van der Waals surface area contributed by atoms with Gasteiger partial charge in [-0.15, -0.1) is 0 Å². The van der Waals surface area contributed by atoms with E-state index in [4.69, 9.17) is 9.47 Å². The molecule has 0 saturated carbocycles. The van der Waals surface area contributed by atoms with Crippen LogP contribution in [0, 0.1) is 0 Å². The van der Waals surface area contributed by atoms with E-state index in [9.17, 15) is 9.59 Å². The normalized spacial score (nSPS) is 20.8. The first-order chi connectivity index (χ1) is 15.9. The standard InChI is InChI=1S/C26H29N3O4/c1-4-28-14-22(26(31)29-13-17(3)32-15-16(29)2)25(30)21-11-24(27-12-23(21)28)33-20-9-18-7-5-6-8-19(18)10-20/h5-8,11-12,14,16-17,20H,4,9-10,13,15H2,1-3H3/t16-,17+/m1/s1. The van der Waals surface area contributed by atoms with E-state index < -0.39 is 0 Å². The monoisotopic (exact) mass is 447 g/mol. The van der Waals surface area contributed by atoms with Crippen molar-refractivity contribution < 1.29 is 14.3 Å². The molecular formula is C26H29N3O4. The molecule has 1 amide bonds. The van der Waals surface area contributed by atoms with E-state index in [1.807, 2.05) is 37.5 Å². The molecule has 3 heterocycles. The number of ether oxygens (including phenoxy) is 2. The van der Waals surface area contributed by atoms with E-state index in [-0.39, 0.29) is 35.1 Å². The largest absolute Gasteiger partial charge is 0.474 e. The third kappa shape index (κ3) is 4.02. The smallest absolute Gasteiger partial charge is 0.259 e. The Kier molecular flexibility index (Phi) is 5.66. The molecule has 7 nitrogen and oxygen atoms in total. The summed E-state index contributed by atoms with van der Waals surface area (Å²) in [6.07, 6.45) is 4.91. The molecule has 1 aromatic carbocycles. The van der Waals surface area contributed by atoms with Gasteiger partial charge in [0.2, 0.25) is 11.3 Å². The van der Waals surface area contributed by atoms with Gasteiger partial charge in [-0.2, -0.15) is 0 Å². The second kappa shape index (κ2) is 8.63. The van der Waals surface area contributed by atoms with Crippen LogP contribution < -0.4 is 10.2 Å². The van der Waals surface area contributed by atoms with E-state index >= 15 is 0 Å². The molecule has 1 fully saturated rings. The first kappa shape index (κ1) is 21.6. The minimum atomic E-state index is -0.284. The Labute approximate surface area is 192 Å². The number of aryl methyl sites for hydroxylation is 1. The Balaban J connectivity index is 1.48. The molecule has 0 spiro atoms. The summed E-state index contributed by atoms with van der Waals surface area (Å²) in [5.74, 6) is 0.162. The number of benzene rings is 1. The highest BCUT2D eigenvalue weighted by Crippen LogP contribution is 2.26. The number of hydrogen-bond donors (Lipinski definition) is 0. The number of aromatic nitrogens is 2. The van der Waals surface area contributed by atoms with Gasteiger partial charge in [-0.3, -0.25) is 9.59 Å². The molecular weight excluding hydrogens is 418 g/mol. The van der Waals surface area contributed by atoms with E-state index in [0.29, 0.717) is 36.5 Å². The van der Waals surface area contributed by atoms with Crippen LogP contribution in [0.3, 0.4) is 0 Å². The number of amides is 1. The lowest BCUT2D eigenvalue weighted by Crippen LogP contribution is -2.51. The number of rotatable bonds is 4. The highest BCUT2D eigenvalue weighted by atomic mass is 16.5. The van der Waals surface area contributed by atoms with Crippen LogP contribution in [0.1, 0.15) is 42.3 Å². The van der Waals surface area contributed by atoms with E-state index in [0.717, 1.165) is 12.8 Å². The number of fused-ring (bicyclic) bond motifs is 2. The number of hydrogen-bond acceptors (Lipinski definition) is 5. The Bertz CT molecular complexity index is 1240. The van der Waals surface area contributed by atoms with Crippen molar-refractivity contribution in [1.82, 2.24) is 14.5 Å². The van der Waals surface area contributed by atoms with Gasteiger partial charge >= 0.3 is 0 Å². The molecule has 5 rings (SSSR count). The van der Waals surface area contributed by atoms with Gasteiger partial charge in [0.05, 0.1) is 35.9 Å². The average Bonchev–Trinajstić information content (AvgIpc) is 3.23. The molecule has 0 N–H and O–H groups in total. The fraction of sp³-hybridized carbons (Fsp3) is 0.423. The van der Waals surface area contributed by atoms with Crippen LogP contribution in [0.25, 0.3) is 10.9 Å². The summed E-state index contributed by atoms with van der Waals surface area (Å²) in [6, 6.07) is 9.93. The SMILES string of the molecule is CCn1cc(C(=O)N2C[C@H](C)OC[C@H]2C)c(=O)c2cc(OC3Cc4ccccc4C3)ncc21. The summed E-state index contributed by atoms with van der Waals surface area (Å²) in [5.41, 5.74) is 3.17. The Morgan fingerprint density at radius 1 is 1.21 bits per heavy atom. The second-order valence-corrected chi connectivity index (χ2v) is 9.06. The van der Waals surface area contributed by atoms with Crippen LogP contribution in [0.5, 0.6) is 5.88 Å². The van der Waals surface area contributed by atoms with Gasteiger partial charge in [-0.1, -0.05) is 24.3 Å². The van der Waals surface area contributed by atoms with Crippen molar-refractivity contribution in [2.45, 2.75) is 58.4 Å². The number of nitrogens with zero attached hydrogens (tertiary/aromatic N) is 3. The topological polar surface area (TPSA) is 73.7 Å². The van der Waals surface area contributed by atoms with E-state index in [1.54, 1.807) is 23.4 Å². The maximum atomic E-state index is 13.5. The highest BCUT2D eigenvalue weighted by molar-refractivity contribution is 5.97. The third-order valence-electron chi connectivity index (χ3n) is 6.68. The highest BCUT2D eigenvalue weighted by Gasteiger charge is 2.30. The molecule has 1 saturated heterocycles. The predicted octanol–water partition coefficient (Wildman–Crippen LogP) is 3.21. The summed E-state index contributed by atoms with van der Waals surface area (Å²) >= 11 is 0. The summed E-state index contributed by atoms with van der Waals surface area (Å²) in [5, 5.41) is 0.456. The van der Waals surface area contributed by atoms with Gasteiger partial charge in [-0.05, 0) is 31.9 Å². The van der Waals surface area contributed by atoms with Crippen molar-refractivity contribution in [1.29, 1.82) is 0 Å². The number of carbonyl (C=O) groups excluding carboxylic acids is 1. The Morgan fingerprint density at radius 2 is 1.94 bits per heavy atom. The molecule has 172 valence electrons. The number of carbonyl (C=O) groups is 1. The van der Waals surface area contributed by atoms with Crippen LogP contribution in [0.15, 0.2) is 47.5 Å². The molecule has 33 heavy (non-hydrogen) atoms. The zero-order valence-corrected chi connectivity index (χ0v) is 19.3. The summed E-state index contributed by atoms with van der Waals surface area (Å²) < 4.78 is 13.7. The van der Waals surface area contributed by atoms with E-state index in [1.165, 1.54) is 11.1 Å². The Morgan fingerprint density at radius 3 is 2.64 bits per heavy atom. The molecule has 1 aliphatic heterocycles. The van der Waals surface area contributed by atoms with Crippen molar-refractivity contribution in [2.75, 3.05) is 13.2 Å². The zero-order chi connectivity index (χ0) is 23.1. The van der Waals surface area contributed by atoms with Gasteiger partial charge in [-0.25, -0.2) is 4.98 Å². The number of pyridine rings is 2. The maximum Gasteiger partial charge on any atom is 0.259 e. The lowest BCUT2D eigenvalue weighted by molar-refractivity contribution is -0.0387. The van der Waals surface area contributed by atoms with Gasteiger partial charge in [0.25, 0.3) is 5.91 Å². The first-order valence-electron chi connectivity index (χ1n) is 11.6. The van der Waals surface area contributed by atoms with Crippen LogP contribution in [-0.4, -0.2) is 51.8 Å². The summed E-state index contributed by atoms with van der Waals surface area (Å²) in [6.45, 7) is 7.42. The lowest BCUT2D eigenvalue weighted by Gasteiger charge is -2.36. The Hall–Kier alpha value is -3.19. The van der Waals surface area contributed by atoms with Crippen LogP contribution in [0.4, 0.5) is 0 Å². The molecule has 0 radical (unpaired) electrons. The molecule has 2 aliphatic rings. The average molecular weight is 448 g/mol. The third-order valence-corrected chi connectivity index (χ3v) is 6.68. The van der Waals surface area contributed by atoms with Crippen LogP contribution >= 0.6 is 0 Å². The zero-order valence-electron chi connectivity index (χ0n) is 19.3. The molecule has 0 bridgehead atoms. The number of morpholine rings is 1. The van der Waals surface area contributed by atoms with Crippen molar-refractivity contribution in [3.05, 3.63) is 69.6 Å². The van der Waals surface area contributed by atoms with Crippen molar-refractivity contribution in [3.8, 4) is 5.88 Å². The fourth-order valence-electron chi connectivity index (χ4n) is 4.86.